The first-order chi connectivity index (χ1) is 12.7. The Morgan fingerprint density at radius 3 is 1.50 bits per heavy atom. The molecule has 0 aliphatic heterocycles. The maximum Gasteiger partial charge on any atom is 0.152 e. The molecule has 0 aliphatic carbocycles. The lowest BCUT2D eigenvalue weighted by atomic mass is 9.80. The van der Waals surface area contributed by atoms with Crippen molar-refractivity contribution in [2.75, 3.05) is 6.61 Å². The van der Waals surface area contributed by atoms with Crippen molar-refractivity contribution in [3.05, 3.63) is 120 Å². The van der Waals surface area contributed by atoms with Crippen molar-refractivity contribution in [2.45, 2.75) is 12.5 Å². The van der Waals surface area contributed by atoms with Crippen molar-refractivity contribution >= 4 is 5.78 Å². The zero-order valence-corrected chi connectivity index (χ0v) is 14.8. The number of carbonyl (C=O) groups is 1. The Morgan fingerprint density at radius 2 is 1.15 bits per heavy atom. The van der Waals surface area contributed by atoms with Gasteiger partial charge in [-0.15, -0.1) is 0 Å². The average molecular weight is 342 g/mol. The summed E-state index contributed by atoms with van der Waals surface area (Å²) in [6.45, 7) is 1.87. The van der Waals surface area contributed by atoms with Crippen molar-refractivity contribution in [2.24, 2.45) is 0 Å². The second-order valence-electron chi connectivity index (χ2n) is 6.10. The van der Waals surface area contributed by atoms with Crippen LogP contribution in [0.2, 0.25) is 0 Å². The molecule has 0 amide bonds. The molecule has 130 valence electrons. The molecule has 0 N–H and O–H groups in total. The van der Waals surface area contributed by atoms with Gasteiger partial charge in [-0.3, -0.25) is 4.79 Å². The van der Waals surface area contributed by atoms with Crippen LogP contribution in [0.15, 0.2) is 103 Å². The third kappa shape index (κ3) is 3.81. The summed E-state index contributed by atoms with van der Waals surface area (Å²) >= 11 is 0. The SMILES string of the molecule is CC(=O)/C=C/COC(c1ccccc1)(c1ccccc1)c1ccccc1. The molecule has 26 heavy (non-hydrogen) atoms. The van der Waals surface area contributed by atoms with Gasteiger partial charge in [0.15, 0.2) is 5.78 Å². The van der Waals surface area contributed by atoms with Crippen LogP contribution in [-0.4, -0.2) is 12.4 Å². The second kappa shape index (κ2) is 8.41. The van der Waals surface area contributed by atoms with Crippen LogP contribution < -0.4 is 0 Å². The van der Waals surface area contributed by atoms with Gasteiger partial charge in [-0.25, -0.2) is 0 Å². The van der Waals surface area contributed by atoms with Crippen molar-refractivity contribution in [3.8, 4) is 0 Å². The van der Waals surface area contributed by atoms with Crippen LogP contribution in [0.25, 0.3) is 0 Å². The Bertz CT molecular complexity index is 756. The van der Waals surface area contributed by atoms with Gasteiger partial charge < -0.3 is 4.74 Å². The topological polar surface area (TPSA) is 26.3 Å². The van der Waals surface area contributed by atoms with Gasteiger partial charge in [-0.2, -0.15) is 0 Å². The van der Waals surface area contributed by atoms with Crippen molar-refractivity contribution < 1.29 is 9.53 Å². The molecule has 0 aromatic heterocycles. The first-order valence-corrected chi connectivity index (χ1v) is 8.71. The fourth-order valence-corrected chi connectivity index (χ4v) is 3.16. The Labute approximate surface area is 154 Å². The molecule has 2 heteroatoms. The van der Waals surface area contributed by atoms with E-state index in [9.17, 15) is 4.79 Å². The quantitative estimate of drug-likeness (QED) is 0.439. The van der Waals surface area contributed by atoms with Crippen LogP contribution in [0.4, 0.5) is 0 Å². The first-order valence-electron chi connectivity index (χ1n) is 8.71. The normalized spacial score (nSPS) is 11.6. The Balaban J connectivity index is 2.16. The molecule has 3 aromatic rings. The summed E-state index contributed by atoms with van der Waals surface area (Å²) in [5.41, 5.74) is 2.40. The fourth-order valence-electron chi connectivity index (χ4n) is 3.16. The van der Waals surface area contributed by atoms with E-state index >= 15 is 0 Å². The third-order valence-corrected chi connectivity index (χ3v) is 4.29. The second-order valence-corrected chi connectivity index (χ2v) is 6.10. The molecule has 0 heterocycles. The highest BCUT2D eigenvalue weighted by Crippen LogP contribution is 2.40. The van der Waals surface area contributed by atoms with Gasteiger partial charge in [-0.05, 0) is 29.7 Å². The molecule has 0 radical (unpaired) electrons. The van der Waals surface area contributed by atoms with Crippen LogP contribution >= 0.6 is 0 Å². The molecule has 0 fully saturated rings. The number of hydrogen-bond donors (Lipinski definition) is 0. The minimum Gasteiger partial charge on any atom is -0.357 e. The molecule has 3 aromatic carbocycles. The van der Waals surface area contributed by atoms with Crippen LogP contribution in [0, 0.1) is 0 Å². The summed E-state index contributed by atoms with van der Waals surface area (Å²) < 4.78 is 6.50. The number of rotatable bonds is 7. The highest BCUT2D eigenvalue weighted by Gasteiger charge is 2.37. The highest BCUT2D eigenvalue weighted by atomic mass is 16.5. The van der Waals surface area contributed by atoms with E-state index in [4.69, 9.17) is 4.74 Å². The van der Waals surface area contributed by atoms with Crippen molar-refractivity contribution in [1.82, 2.24) is 0 Å². The van der Waals surface area contributed by atoms with Gasteiger partial charge in [0.25, 0.3) is 0 Å². The minimum absolute atomic E-state index is 0.0123. The van der Waals surface area contributed by atoms with Crippen LogP contribution in [-0.2, 0) is 15.1 Å². The summed E-state index contributed by atoms with van der Waals surface area (Å²) in [5.74, 6) is 0.0123. The number of allylic oxidation sites excluding steroid dienone is 1. The molecule has 2 nitrogen and oxygen atoms in total. The van der Waals surface area contributed by atoms with Gasteiger partial charge in [0, 0.05) is 0 Å². The van der Waals surface area contributed by atoms with Crippen molar-refractivity contribution in [1.29, 1.82) is 0 Å². The zero-order chi connectivity index (χ0) is 18.2. The third-order valence-electron chi connectivity index (χ3n) is 4.29. The Hall–Kier alpha value is -2.97. The molecule has 0 saturated carbocycles. The first kappa shape index (κ1) is 17.8. The van der Waals surface area contributed by atoms with E-state index in [0.29, 0.717) is 6.61 Å². The standard InChI is InChI=1S/C24H22O2/c1-20(25)12-11-19-26-24(21-13-5-2-6-14-21,22-15-7-3-8-16-22)23-17-9-4-10-18-23/h2-18H,19H2,1H3/b12-11+. The van der Waals surface area contributed by atoms with E-state index in [-0.39, 0.29) is 5.78 Å². The Morgan fingerprint density at radius 1 is 0.769 bits per heavy atom. The van der Waals surface area contributed by atoms with Gasteiger partial charge >= 0.3 is 0 Å². The molecule has 0 atom stereocenters. The number of ketones is 1. The largest absolute Gasteiger partial charge is 0.357 e. The molecule has 0 aliphatic rings. The van der Waals surface area contributed by atoms with Crippen LogP contribution in [0.3, 0.4) is 0 Å². The van der Waals surface area contributed by atoms with E-state index in [1.807, 2.05) is 54.6 Å². The van der Waals surface area contributed by atoms with E-state index in [1.165, 1.54) is 6.92 Å². The molecule has 0 bridgehead atoms. The van der Waals surface area contributed by atoms with Gasteiger partial charge in [-0.1, -0.05) is 97.1 Å². The van der Waals surface area contributed by atoms with Crippen LogP contribution in [0.5, 0.6) is 0 Å². The molecule has 0 spiro atoms. The minimum atomic E-state index is -0.745. The fraction of sp³-hybridized carbons (Fsp3) is 0.125. The lowest BCUT2D eigenvalue weighted by Gasteiger charge is -2.35. The molecule has 0 saturated heterocycles. The number of ether oxygens (including phenoxy) is 1. The summed E-state index contributed by atoms with van der Waals surface area (Å²) in [6, 6.07) is 30.6. The molecule has 3 rings (SSSR count). The lowest BCUT2D eigenvalue weighted by molar-refractivity contribution is -0.112. The van der Waals surface area contributed by atoms with Crippen LogP contribution in [0.1, 0.15) is 23.6 Å². The lowest BCUT2D eigenvalue weighted by Crippen LogP contribution is -2.33. The predicted molar refractivity (Wildman–Crippen MR) is 105 cm³/mol. The maximum atomic E-state index is 11.2. The van der Waals surface area contributed by atoms with Gasteiger partial charge in [0.1, 0.15) is 5.60 Å². The summed E-state index contributed by atoms with van der Waals surface area (Å²) in [4.78, 5) is 11.2. The summed E-state index contributed by atoms with van der Waals surface area (Å²) in [5, 5.41) is 0. The Kier molecular flexibility index (Phi) is 5.77. The average Bonchev–Trinajstić information content (AvgIpc) is 2.70. The molecule has 0 unspecified atom stereocenters. The maximum absolute atomic E-state index is 11.2. The number of carbonyl (C=O) groups excluding carboxylic acids is 1. The monoisotopic (exact) mass is 342 g/mol. The van der Waals surface area contributed by atoms with Gasteiger partial charge in [0.05, 0.1) is 6.61 Å². The van der Waals surface area contributed by atoms with E-state index in [1.54, 1.807) is 12.2 Å². The highest BCUT2D eigenvalue weighted by molar-refractivity contribution is 5.87. The number of hydrogen-bond acceptors (Lipinski definition) is 2. The molecular formula is C24H22O2. The smallest absolute Gasteiger partial charge is 0.152 e. The van der Waals surface area contributed by atoms with E-state index in [2.05, 4.69) is 36.4 Å². The zero-order valence-electron chi connectivity index (χ0n) is 14.8. The van der Waals surface area contributed by atoms with Gasteiger partial charge in [0.2, 0.25) is 0 Å². The van der Waals surface area contributed by atoms with E-state index < -0.39 is 5.60 Å². The summed E-state index contributed by atoms with van der Waals surface area (Å²) in [6.07, 6.45) is 3.32. The predicted octanol–water partition coefficient (Wildman–Crippen LogP) is 5.14. The van der Waals surface area contributed by atoms with Crippen molar-refractivity contribution in [3.63, 3.8) is 0 Å². The summed E-state index contributed by atoms with van der Waals surface area (Å²) in [7, 11) is 0. The molecular weight excluding hydrogens is 320 g/mol. The number of benzene rings is 3. The van der Waals surface area contributed by atoms with E-state index in [0.717, 1.165) is 16.7 Å².